The summed E-state index contributed by atoms with van der Waals surface area (Å²) in [5.41, 5.74) is 0.902. The lowest BCUT2D eigenvalue weighted by atomic mass is 9.85. The minimum atomic E-state index is -0.773. The second-order valence-electron chi connectivity index (χ2n) is 4.57. The van der Waals surface area contributed by atoms with E-state index >= 15 is 0 Å². The molecule has 1 heterocycles. The number of halogens is 2. The normalized spacial score (nSPS) is 24.6. The molecule has 1 nitrogen and oxygen atoms in total. The fourth-order valence-corrected chi connectivity index (χ4v) is 2.46. The number of nitrogens with one attached hydrogen (secondary N) is 1. The molecule has 1 N–H and O–H groups in total. The maximum atomic E-state index is 13.2. The second kappa shape index (κ2) is 5.41. The van der Waals surface area contributed by atoms with E-state index in [1.165, 1.54) is 12.1 Å². The van der Waals surface area contributed by atoms with E-state index in [0.29, 0.717) is 12.0 Å². The van der Waals surface area contributed by atoms with Crippen molar-refractivity contribution < 1.29 is 8.78 Å². The van der Waals surface area contributed by atoms with Crippen molar-refractivity contribution in [3.63, 3.8) is 0 Å². The van der Waals surface area contributed by atoms with Gasteiger partial charge in [-0.15, -0.1) is 6.58 Å². The van der Waals surface area contributed by atoms with Crippen molar-refractivity contribution in [3.8, 4) is 0 Å². The van der Waals surface area contributed by atoms with Crippen LogP contribution in [0.3, 0.4) is 0 Å². The first-order valence-corrected chi connectivity index (χ1v) is 6.00. The summed E-state index contributed by atoms with van der Waals surface area (Å²) < 4.78 is 26.0. The highest BCUT2D eigenvalue weighted by atomic mass is 19.2. The summed E-state index contributed by atoms with van der Waals surface area (Å²) in [5, 5.41) is 3.41. The lowest BCUT2D eigenvalue weighted by Crippen LogP contribution is -2.36. The van der Waals surface area contributed by atoms with Gasteiger partial charge in [-0.05, 0) is 49.4 Å². The summed E-state index contributed by atoms with van der Waals surface area (Å²) in [6.45, 7) is 4.65. The number of hydrogen-bond acceptors (Lipinski definition) is 1. The zero-order valence-corrected chi connectivity index (χ0v) is 9.76. The van der Waals surface area contributed by atoms with Gasteiger partial charge in [-0.25, -0.2) is 8.78 Å². The molecular formula is C14H17F2N. The molecule has 1 aliphatic rings. The maximum absolute atomic E-state index is 13.2. The molecule has 2 atom stereocenters. The molecule has 1 fully saturated rings. The van der Waals surface area contributed by atoms with Gasteiger partial charge in [0.25, 0.3) is 0 Å². The Bertz CT molecular complexity index is 403. The Morgan fingerprint density at radius 2 is 2.18 bits per heavy atom. The molecule has 0 radical (unpaired) electrons. The quantitative estimate of drug-likeness (QED) is 0.795. The number of piperidine rings is 1. The molecule has 0 aliphatic carbocycles. The monoisotopic (exact) mass is 237 g/mol. The Hall–Kier alpha value is -1.22. The van der Waals surface area contributed by atoms with Gasteiger partial charge in [0.05, 0.1) is 0 Å². The SMILES string of the molecule is C=CCC1CC(c2ccc(F)c(F)c2)CCN1. The fourth-order valence-electron chi connectivity index (χ4n) is 2.46. The van der Waals surface area contributed by atoms with E-state index in [9.17, 15) is 8.78 Å². The first-order chi connectivity index (χ1) is 8.20. The predicted octanol–water partition coefficient (Wildman–Crippen LogP) is 3.38. The molecule has 0 aromatic heterocycles. The highest BCUT2D eigenvalue weighted by Crippen LogP contribution is 2.29. The smallest absolute Gasteiger partial charge is 0.159 e. The van der Waals surface area contributed by atoms with Gasteiger partial charge in [-0.1, -0.05) is 12.1 Å². The summed E-state index contributed by atoms with van der Waals surface area (Å²) >= 11 is 0. The van der Waals surface area contributed by atoms with E-state index in [-0.39, 0.29) is 0 Å². The van der Waals surface area contributed by atoms with Gasteiger partial charge < -0.3 is 5.32 Å². The lowest BCUT2D eigenvalue weighted by molar-refractivity contribution is 0.362. The predicted molar refractivity (Wildman–Crippen MR) is 64.9 cm³/mol. The van der Waals surface area contributed by atoms with Crippen LogP contribution in [-0.2, 0) is 0 Å². The Kier molecular flexibility index (Phi) is 3.89. The van der Waals surface area contributed by atoms with E-state index in [1.807, 2.05) is 6.08 Å². The highest BCUT2D eigenvalue weighted by molar-refractivity contribution is 5.22. The van der Waals surface area contributed by atoms with Gasteiger partial charge in [0.1, 0.15) is 0 Å². The van der Waals surface area contributed by atoms with Crippen LogP contribution in [0.2, 0.25) is 0 Å². The van der Waals surface area contributed by atoms with Crippen molar-refractivity contribution in [2.45, 2.75) is 31.2 Å². The molecule has 0 spiro atoms. The van der Waals surface area contributed by atoms with Gasteiger partial charge in [0, 0.05) is 6.04 Å². The van der Waals surface area contributed by atoms with Crippen molar-refractivity contribution >= 4 is 0 Å². The Labute approximate surface area is 101 Å². The van der Waals surface area contributed by atoms with Crippen LogP contribution >= 0.6 is 0 Å². The highest BCUT2D eigenvalue weighted by Gasteiger charge is 2.22. The van der Waals surface area contributed by atoms with Crippen molar-refractivity contribution in [1.29, 1.82) is 0 Å². The molecule has 92 valence electrons. The van der Waals surface area contributed by atoms with Crippen LogP contribution in [-0.4, -0.2) is 12.6 Å². The van der Waals surface area contributed by atoms with Crippen LogP contribution in [0.5, 0.6) is 0 Å². The van der Waals surface area contributed by atoms with Crippen LogP contribution in [0.25, 0.3) is 0 Å². The van der Waals surface area contributed by atoms with Gasteiger partial charge in [-0.2, -0.15) is 0 Å². The first-order valence-electron chi connectivity index (χ1n) is 6.00. The topological polar surface area (TPSA) is 12.0 Å². The number of rotatable bonds is 3. The van der Waals surface area contributed by atoms with Crippen LogP contribution < -0.4 is 5.32 Å². The second-order valence-corrected chi connectivity index (χ2v) is 4.57. The molecule has 17 heavy (non-hydrogen) atoms. The summed E-state index contributed by atoms with van der Waals surface area (Å²) in [7, 11) is 0. The fraction of sp³-hybridized carbons (Fsp3) is 0.429. The minimum Gasteiger partial charge on any atom is -0.314 e. The average Bonchev–Trinajstić information content (AvgIpc) is 2.33. The van der Waals surface area contributed by atoms with E-state index in [2.05, 4.69) is 11.9 Å². The van der Waals surface area contributed by atoms with E-state index < -0.39 is 11.6 Å². The number of benzene rings is 1. The summed E-state index contributed by atoms with van der Waals surface area (Å²) in [6, 6.07) is 4.64. The molecular weight excluding hydrogens is 220 g/mol. The lowest BCUT2D eigenvalue weighted by Gasteiger charge is -2.30. The molecule has 1 aromatic rings. The Morgan fingerprint density at radius 3 is 2.88 bits per heavy atom. The molecule has 0 amide bonds. The molecule has 2 rings (SSSR count). The molecule has 3 heteroatoms. The summed E-state index contributed by atoms with van der Waals surface area (Å²) in [6.07, 6.45) is 4.74. The minimum absolute atomic E-state index is 0.316. The molecule has 1 aliphatic heterocycles. The summed E-state index contributed by atoms with van der Waals surface area (Å²) in [4.78, 5) is 0. The third-order valence-corrected chi connectivity index (χ3v) is 3.36. The van der Waals surface area contributed by atoms with Gasteiger partial charge in [0.2, 0.25) is 0 Å². The molecule has 0 saturated carbocycles. The van der Waals surface area contributed by atoms with Crippen molar-refractivity contribution in [2.75, 3.05) is 6.54 Å². The Balaban J connectivity index is 2.10. The van der Waals surface area contributed by atoms with Crippen molar-refractivity contribution in [2.24, 2.45) is 0 Å². The van der Waals surface area contributed by atoms with Crippen LogP contribution in [0.1, 0.15) is 30.7 Å². The zero-order chi connectivity index (χ0) is 12.3. The standard InChI is InChI=1S/C14H17F2N/c1-2-3-12-8-11(6-7-17-12)10-4-5-13(15)14(16)9-10/h2,4-5,9,11-12,17H,1,3,6-8H2. The Morgan fingerprint density at radius 1 is 1.35 bits per heavy atom. The van der Waals surface area contributed by atoms with Crippen molar-refractivity contribution in [1.82, 2.24) is 5.32 Å². The van der Waals surface area contributed by atoms with Gasteiger partial charge >= 0.3 is 0 Å². The first kappa shape index (κ1) is 12.2. The molecule has 1 saturated heterocycles. The number of hydrogen-bond donors (Lipinski definition) is 1. The van der Waals surface area contributed by atoms with Gasteiger partial charge in [0.15, 0.2) is 11.6 Å². The molecule has 1 aromatic carbocycles. The van der Waals surface area contributed by atoms with Crippen LogP contribution in [0.15, 0.2) is 30.9 Å². The van der Waals surface area contributed by atoms with E-state index in [1.54, 1.807) is 6.07 Å². The maximum Gasteiger partial charge on any atom is 0.159 e. The third kappa shape index (κ3) is 2.91. The molecule has 2 unspecified atom stereocenters. The van der Waals surface area contributed by atoms with E-state index in [0.717, 1.165) is 31.4 Å². The largest absolute Gasteiger partial charge is 0.314 e. The van der Waals surface area contributed by atoms with E-state index in [4.69, 9.17) is 0 Å². The summed E-state index contributed by atoms with van der Waals surface area (Å²) in [5.74, 6) is -1.21. The average molecular weight is 237 g/mol. The van der Waals surface area contributed by atoms with Crippen LogP contribution in [0.4, 0.5) is 8.78 Å². The van der Waals surface area contributed by atoms with Gasteiger partial charge in [-0.3, -0.25) is 0 Å². The van der Waals surface area contributed by atoms with Crippen LogP contribution in [0, 0.1) is 11.6 Å². The third-order valence-electron chi connectivity index (χ3n) is 3.36. The molecule has 0 bridgehead atoms. The van der Waals surface area contributed by atoms with Crippen molar-refractivity contribution in [3.05, 3.63) is 48.1 Å². The zero-order valence-electron chi connectivity index (χ0n) is 9.76.